The van der Waals surface area contributed by atoms with E-state index in [4.69, 9.17) is 10.9 Å². The molecule has 0 amide bonds. The Kier molecular flexibility index (Phi) is 5.47. The highest BCUT2D eigenvalue weighted by molar-refractivity contribution is 7.89. The third kappa shape index (κ3) is 3.93. The smallest absolute Gasteiger partial charge is 0.214 e. The molecule has 0 aromatic rings. The minimum atomic E-state index is -3.27. The van der Waals surface area contributed by atoms with Crippen molar-refractivity contribution in [3.63, 3.8) is 0 Å². The van der Waals surface area contributed by atoms with Crippen LogP contribution in [0.25, 0.3) is 0 Å². The quantitative estimate of drug-likeness (QED) is 0.282. The van der Waals surface area contributed by atoms with Gasteiger partial charge in [0.1, 0.15) is 0 Å². The van der Waals surface area contributed by atoms with E-state index in [1.165, 1.54) is 4.31 Å². The van der Waals surface area contributed by atoms with Gasteiger partial charge in [-0.25, -0.2) is 8.42 Å². The first kappa shape index (κ1) is 13.2. The summed E-state index contributed by atoms with van der Waals surface area (Å²) in [7, 11) is -3.27. The predicted molar refractivity (Wildman–Crippen MR) is 54.7 cm³/mol. The molecule has 0 aromatic carbocycles. The fourth-order valence-electron chi connectivity index (χ4n) is 0.961. The van der Waals surface area contributed by atoms with Crippen LogP contribution >= 0.6 is 0 Å². The molecule has 7 heteroatoms. The molecule has 0 saturated carbocycles. The Hall–Kier alpha value is -0.820. The lowest BCUT2D eigenvalue weighted by molar-refractivity contribution is 0.314. The van der Waals surface area contributed by atoms with Gasteiger partial charge in [0.15, 0.2) is 5.84 Å². The van der Waals surface area contributed by atoms with Gasteiger partial charge >= 0.3 is 0 Å². The number of nitrogens with zero attached hydrogens (tertiary/aromatic N) is 2. The van der Waals surface area contributed by atoms with Crippen molar-refractivity contribution in [1.82, 2.24) is 4.31 Å². The molecule has 0 aromatic heterocycles. The van der Waals surface area contributed by atoms with Gasteiger partial charge in [0.05, 0.1) is 12.3 Å². The van der Waals surface area contributed by atoms with Crippen LogP contribution in [0.1, 0.15) is 20.3 Å². The average Bonchev–Trinajstić information content (AvgIpc) is 2.17. The summed E-state index contributed by atoms with van der Waals surface area (Å²) in [6.07, 6.45) is 0.692. The lowest BCUT2D eigenvalue weighted by Crippen LogP contribution is -2.39. The van der Waals surface area contributed by atoms with Crippen molar-refractivity contribution in [3.05, 3.63) is 0 Å². The van der Waals surface area contributed by atoms with Gasteiger partial charge < -0.3 is 10.9 Å². The molecule has 0 bridgehead atoms. The van der Waals surface area contributed by atoms with Crippen LogP contribution in [0.4, 0.5) is 0 Å². The number of hydrogen-bond acceptors (Lipinski definition) is 4. The van der Waals surface area contributed by atoms with Crippen molar-refractivity contribution in [3.8, 4) is 0 Å². The number of amidine groups is 1. The zero-order valence-electron chi connectivity index (χ0n) is 8.47. The molecular weight excluding hydrogens is 206 g/mol. The zero-order chi connectivity index (χ0) is 11.2. The Morgan fingerprint density at radius 3 is 2.43 bits per heavy atom. The van der Waals surface area contributed by atoms with Crippen molar-refractivity contribution in [2.45, 2.75) is 20.3 Å². The summed E-state index contributed by atoms with van der Waals surface area (Å²) in [5.74, 6) is -0.0819. The summed E-state index contributed by atoms with van der Waals surface area (Å²) in [6, 6.07) is 0. The molecule has 0 radical (unpaired) electrons. The third-order valence-corrected chi connectivity index (χ3v) is 3.53. The van der Waals surface area contributed by atoms with Gasteiger partial charge in [-0.1, -0.05) is 12.1 Å². The van der Waals surface area contributed by atoms with E-state index < -0.39 is 10.0 Å². The maximum Gasteiger partial charge on any atom is 0.214 e. The molecule has 3 N–H and O–H groups in total. The van der Waals surface area contributed by atoms with Gasteiger partial charge in [-0.05, 0) is 13.3 Å². The van der Waals surface area contributed by atoms with Crippen molar-refractivity contribution in [2.24, 2.45) is 10.9 Å². The van der Waals surface area contributed by atoms with E-state index in [-0.39, 0.29) is 18.1 Å². The lowest BCUT2D eigenvalue weighted by Gasteiger charge is -2.19. The van der Waals surface area contributed by atoms with E-state index in [0.717, 1.165) is 0 Å². The van der Waals surface area contributed by atoms with E-state index in [1.54, 1.807) is 6.92 Å². The van der Waals surface area contributed by atoms with Crippen LogP contribution in [-0.4, -0.2) is 42.6 Å². The molecule has 0 aliphatic rings. The van der Waals surface area contributed by atoms with Crippen LogP contribution in [0, 0.1) is 0 Å². The molecular formula is C7H17N3O3S. The predicted octanol–water partition coefficient (Wildman–Crippen LogP) is -0.205. The Morgan fingerprint density at radius 2 is 2.07 bits per heavy atom. The second-order valence-corrected chi connectivity index (χ2v) is 5.08. The normalized spacial score (nSPS) is 13.5. The summed E-state index contributed by atoms with van der Waals surface area (Å²) in [6.45, 7) is 3.75. The molecule has 0 aliphatic heterocycles. The Labute approximate surface area is 84.4 Å². The zero-order valence-corrected chi connectivity index (χ0v) is 9.29. The molecule has 0 unspecified atom stereocenters. The third-order valence-electron chi connectivity index (χ3n) is 1.70. The van der Waals surface area contributed by atoms with Crippen LogP contribution in [0.3, 0.4) is 0 Å². The van der Waals surface area contributed by atoms with Crippen LogP contribution in [0.15, 0.2) is 5.16 Å². The van der Waals surface area contributed by atoms with E-state index in [1.807, 2.05) is 6.92 Å². The van der Waals surface area contributed by atoms with Crippen LogP contribution < -0.4 is 5.73 Å². The van der Waals surface area contributed by atoms with E-state index >= 15 is 0 Å². The first-order valence-electron chi connectivity index (χ1n) is 4.42. The molecule has 0 saturated heterocycles. The topological polar surface area (TPSA) is 96.0 Å². The standard InChI is InChI=1S/C7H17N3O3S/c1-3-5-10(6-7(8)9-11)14(12,13)4-2/h11H,3-6H2,1-2H3,(H2,8,9). The highest BCUT2D eigenvalue weighted by Gasteiger charge is 2.19. The second kappa shape index (κ2) is 5.82. The molecule has 0 spiro atoms. The average molecular weight is 223 g/mol. The number of nitrogens with two attached hydrogens (primary N) is 1. The molecule has 14 heavy (non-hydrogen) atoms. The van der Waals surface area contributed by atoms with Gasteiger partial charge in [0, 0.05) is 6.54 Å². The fourth-order valence-corrected chi connectivity index (χ4v) is 2.12. The maximum absolute atomic E-state index is 11.5. The van der Waals surface area contributed by atoms with Crippen LogP contribution in [0.5, 0.6) is 0 Å². The van der Waals surface area contributed by atoms with Gasteiger partial charge in [0.2, 0.25) is 10.0 Å². The molecule has 6 nitrogen and oxygen atoms in total. The SMILES string of the molecule is CCCN(CC(N)=NO)S(=O)(=O)CC. The minimum absolute atomic E-state index is 0.0196. The summed E-state index contributed by atoms with van der Waals surface area (Å²) >= 11 is 0. The fraction of sp³-hybridized carbons (Fsp3) is 0.857. The van der Waals surface area contributed by atoms with Crippen LogP contribution in [-0.2, 0) is 10.0 Å². The van der Waals surface area contributed by atoms with Gasteiger partial charge in [-0.15, -0.1) is 0 Å². The number of hydrogen-bond donors (Lipinski definition) is 2. The molecule has 0 heterocycles. The van der Waals surface area contributed by atoms with Crippen molar-refractivity contribution < 1.29 is 13.6 Å². The molecule has 84 valence electrons. The van der Waals surface area contributed by atoms with Crippen molar-refractivity contribution in [2.75, 3.05) is 18.8 Å². The number of rotatable bonds is 6. The van der Waals surface area contributed by atoms with Gasteiger partial charge in [-0.3, -0.25) is 0 Å². The highest BCUT2D eigenvalue weighted by Crippen LogP contribution is 2.02. The van der Waals surface area contributed by atoms with E-state index in [9.17, 15) is 8.42 Å². The second-order valence-electron chi connectivity index (χ2n) is 2.83. The summed E-state index contributed by atoms with van der Waals surface area (Å²) in [5, 5.41) is 11.1. The van der Waals surface area contributed by atoms with E-state index in [2.05, 4.69) is 5.16 Å². The largest absolute Gasteiger partial charge is 0.409 e. The van der Waals surface area contributed by atoms with Crippen molar-refractivity contribution in [1.29, 1.82) is 0 Å². The maximum atomic E-state index is 11.5. The summed E-state index contributed by atoms with van der Waals surface area (Å²) in [4.78, 5) is 0. The molecule has 0 fully saturated rings. The summed E-state index contributed by atoms with van der Waals surface area (Å²) < 4.78 is 24.2. The Bertz CT molecular complexity index is 287. The summed E-state index contributed by atoms with van der Waals surface area (Å²) in [5.41, 5.74) is 5.25. The van der Waals surface area contributed by atoms with E-state index in [0.29, 0.717) is 13.0 Å². The highest BCUT2D eigenvalue weighted by atomic mass is 32.2. The van der Waals surface area contributed by atoms with Gasteiger partial charge in [-0.2, -0.15) is 4.31 Å². The first-order chi connectivity index (χ1) is 6.47. The Balaban J connectivity index is 4.61. The molecule has 0 atom stereocenters. The Morgan fingerprint density at radius 1 is 1.50 bits per heavy atom. The molecule has 0 rings (SSSR count). The number of sulfonamides is 1. The lowest BCUT2D eigenvalue weighted by atomic mass is 10.4. The molecule has 0 aliphatic carbocycles. The van der Waals surface area contributed by atoms with Crippen molar-refractivity contribution >= 4 is 15.9 Å². The first-order valence-corrected chi connectivity index (χ1v) is 6.03. The van der Waals surface area contributed by atoms with Crippen LogP contribution in [0.2, 0.25) is 0 Å². The monoisotopic (exact) mass is 223 g/mol. The van der Waals surface area contributed by atoms with Gasteiger partial charge in [0.25, 0.3) is 0 Å². The number of oxime groups is 1. The minimum Gasteiger partial charge on any atom is -0.409 e.